The second-order valence-electron chi connectivity index (χ2n) is 4.40. The van der Waals surface area contributed by atoms with Crippen LogP contribution in [0.3, 0.4) is 0 Å². The number of esters is 1. The van der Waals surface area contributed by atoms with Crippen LogP contribution in [0.25, 0.3) is 0 Å². The summed E-state index contributed by atoms with van der Waals surface area (Å²) in [5, 5.41) is 9.72. The van der Waals surface area contributed by atoms with Gasteiger partial charge in [-0.2, -0.15) is 0 Å². The van der Waals surface area contributed by atoms with Crippen molar-refractivity contribution >= 4 is 29.2 Å². The second kappa shape index (κ2) is 4.48. The fourth-order valence-electron chi connectivity index (χ4n) is 2.15. The maximum Gasteiger partial charge on any atom is 0.309 e. The number of hydrogen-bond donors (Lipinski definition) is 1. The summed E-state index contributed by atoms with van der Waals surface area (Å²) in [5.41, 5.74) is -0.284. The van der Waals surface area contributed by atoms with E-state index in [4.69, 9.17) is 27.9 Å². The molecule has 0 aliphatic heterocycles. The van der Waals surface area contributed by atoms with Crippen molar-refractivity contribution < 1.29 is 14.6 Å². The second-order valence-corrected chi connectivity index (χ2v) is 5.57. The van der Waals surface area contributed by atoms with E-state index in [-0.39, 0.29) is 23.2 Å². The number of alkyl halides is 2. The Morgan fingerprint density at radius 2 is 2.07 bits per heavy atom. The molecule has 1 aliphatic carbocycles. The summed E-state index contributed by atoms with van der Waals surface area (Å²) in [6.45, 7) is 5.90. The van der Waals surface area contributed by atoms with Crippen LogP contribution in [0.4, 0.5) is 0 Å². The van der Waals surface area contributed by atoms with Crippen LogP contribution in [0.15, 0.2) is 0 Å². The SMILES string of the molecule is CCOC(=O)C1C(C(O)C(Cl)Cl)C1(C)C. The first kappa shape index (κ1) is 13.1. The maximum absolute atomic E-state index is 11.5. The van der Waals surface area contributed by atoms with Crippen molar-refractivity contribution in [1.29, 1.82) is 0 Å². The molecule has 0 aromatic rings. The molecule has 0 bridgehead atoms. The molecule has 0 spiro atoms. The Labute approximate surface area is 99.7 Å². The Bertz CT molecular complexity index is 253. The first-order valence-electron chi connectivity index (χ1n) is 4.96. The lowest BCUT2D eigenvalue weighted by Crippen LogP contribution is -2.22. The third kappa shape index (κ3) is 2.40. The number of halogens is 2. The molecule has 0 aromatic carbocycles. The van der Waals surface area contributed by atoms with Gasteiger partial charge < -0.3 is 9.84 Å². The van der Waals surface area contributed by atoms with E-state index in [2.05, 4.69) is 0 Å². The molecule has 3 unspecified atom stereocenters. The molecule has 1 N–H and O–H groups in total. The Morgan fingerprint density at radius 3 is 2.47 bits per heavy atom. The zero-order valence-corrected chi connectivity index (χ0v) is 10.5. The molecule has 88 valence electrons. The number of carbonyl (C=O) groups excluding carboxylic acids is 1. The average molecular weight is 255 g/mol. The van der Waals surface area contributed by atoms with Crippen molar-refractivity contribution in [1.82, 2.24) is 0 Å². The molecule has 0 radical (unpaired) electrons. The average Bonchev–Trinajstić information content (AvgIpc) is 2.68. The molecule has 0 amide bonds. The smallest absolute Gasteiger partial charge is 0.309 e. The van der Waals surface area contributed by atoms with E-state index < -0.39 is 10.9 Å². The van der Waals surface area contributed by atoms with Crippen LogP contribution < -0.4 is 0 Å². The minimum atomic E-state index is -0.877. The van der Waals surface area contributed by atoms with E-state index in [1.165, 1.54) is 0 Å². The number of hydrogen-bond acceptors (Lipinski definition) is 3. The molecule has 1 fully saturated rings. The predicted octanol–water partition coefficient (Wildman–Crippen LogP) is 1.99. The minimum Gasteiger partial charge on any atom is -0.466 e. The minimum absolute atomic E-state index is 0.212. The maximum atomic E-state index is 11.5. The Kier molecular flexibility index (Phi) is 3.90. The first-order chi connectivity index (χ1) is 6.84. The predicted molar refractivity (Wildman–Crippen MR) is 58.9 cm³/mol. The highest BCUT2D eigenvalue weighted by molar-refractivity contribution is 6.44. The quantitative estimate of drug-likeness (QED) is 0.617. The molecule has 15 heavy (non-hydrogen) atoms. The molecule has 1 saturated carbocycles. The Morgan fingerprint density at radius 1 is 1.53 bits per heavy atom. The number of rotatable bonds is 4. The van der Waals surface area contributed by atoms with Crippen LogP contribution in [0, 0.1) is 17.3 Å². The molecule has 0 aromatic heterocycles. The monoisotopic (exact) mass is 254 g/mol. The first-order valence-corrected chi connectivity index (χ1v) is 5.84. The molecular weight excluding hydrogens is 239 g/mol. The fourth-order valence-corrected chi connectivity index (χ4v) is 2.47. The highest BCUT2D eigenvalue weighted by atomic mass is 35.5. The van der Waals surface area contributed by atoms with E-state index in [0.717, 1.165) is 0 Å². The van der Waals surface area contributed by atoms with E-state index in [9.17, 15) is 9.90 Å². The topological polar surface area (TPSA) is 46.5 Å². The van der Waals surface area contributed by atoms with E-state index in [1.807, 2.05) is 13.8 Å². The van der Waals surface area contributed by atoms with Crippen LogP contribution in [0.5, 0.6) is 0 Å². The van der Waals surface area contributed by atoms with Crippen LogP contribution in [0.1, 0.15) is 20.8 Å². The highest BCUT2D eigenvalue weighted by Gasteiger charge is 2.66. The van der Waals surface area contributed by atoms with Crippen LogP contribution >= 0.6 is 23.2 Å². The lowest BCUT2D eigenvalue weighted by atomic mass is 10.1. The summed E-state index contributed by atoms with van der Waals surface area (Å²) >= 11 is 11.2. The van der Waals surface area contributed by atoms with Gasteiger partial charge in [-0.1, -0.05) is 13.8 Å². The van der Waals surface area contributed by atoms with Crippen LogP contribution in [-0.2, 0) is 9.53 Å². The van der Waals surface area contributed by atoms with Gasteiger partial charge in [-0.15, -0.1) is 23.2 Å². The zero-order valence-electron chi connectivity index (χ0n) is 9.04. The number of aliphatic hydroxyl groups excluding tert-OH is 1. The van der Waals surface area contributed by atoms with E-state index >= 15 is 0 Å². The third-order valence-corrected chi connectivity index (χ3v) is 3.59. The van der Waals surface area contributed by atoms with Crippen molar-refractivity contribution in [3.05, 3.63) is 0 Å². The summed E-state index contributed by atoms with van der Waals surface area (Å²) in [4.78, 5) is 10.7. The Hall–Kier alpha value is 0.01000. The van der Waals surface area contributed by atoms with E-state index in [1.54, 1.807) is 6.92 Å². The molecule has 1 rings (SSSR count). The van der Waals surface area contributed by atoms with Gasteiger partial charge in [0, 0.05) is 5.92 Å². The molecular formula is C10H16Cl2O3. The van der Waals surface area contributed by atoms with E-state index in [0.29, 0.717) is 6.61 Å². The molecule has 0 saturated heterocycles. The zero-order chi connectivity index (χ0) is 11.8. The molecule has 3 atom stereocenters. The van der Waals surface area contributed by atoms with Gasteiger partial charge in [-0.3, -0.25) is 4.79 Å². The van der Waals surface area contributed by atoms with Gasteiger partial charge in [0.2, 0.25) is 0 Å². The molecule has 3 nitrogen and oxygen atoms in total. The van der Waals surface area contributed by atoms with Gasteiger partial charge in [0.15, 0.2) is 0 Å². The van der Waals surface area contributed by atoms with Gasteiger partial charge in [0.25, 0.3) is 0 Å². The standard InChI is InChI=1S/C10H16Cl2O3/c1-4-15-9(14)6-5(10(6,2)3)7(13)8(11)12/h5-8,13H,4H2,1-3H3. The summed E-state index contributed by atoms with van der Waals surface area (Å²) in [6, 6.07) is 0. The number of aliphatic hydroxyl groups is 1. The van der Waals surface area contributed by atoms with Crippen molar-refractivity contribution in [3.8, 4) is 0 Å². The summed E-state index contributed by atoms with van der Waals surface area (Å²) in [5.74, 6) is -0.787. The highest BCUT2D eigenvalue weighted by Crippen LogP contribution is 2.61. The lowest BCUT2D eigenvalue weighted by molar-refractivity contribution is -0.146. The van der Waals surface area contributed by atoms with Crippen LogP contribution in [-0.4, -0.2) is 28.6 Å². The van der Waals surface area contributed by atoms with Gasteiger partial charge in [-0.05, 0) is 12.3 Å². The number of ether oxygens (including phenoxy) is 1. The van der Waals surface area contributed by atoms with Crippen LogP contribution in [0.2, 0.25) is 0 Å². The summed E-state index contributed by atoms with van der Waals surface area (Å²) in [7, 11) is 0. The van der Waals surface area contributed by atoms with Crippen molar-refractivity contribution in [2.75, 3.05) is 6.61 Å². The van der Waals surface area contributed by atoms with Gasteiger partial charge in [0.05, 0.1) is 18.6 Å². The van der Waals surface area contributed by atoms with Gasteiger partial charge >= 0.3 is 5.97 Å². The number of carbonyl (C=O) groups is 1. The van der Waals surface area contributed by atoms with Gasteiger partial charge in [-0.25, -0.2) is 0 Å². The summed E-state index contributed by atoms with van der Waals surface area (Å²) < 4.78 is 4.93. The molecule has 1 aliphatic rings. The van der Waals surface area contributed by atoms with Crippen molar-refractivity contribution in [2.24, 2.45) is 17.3 Å². The normalized spacial score (nSPS) is 30.1. The molecule has 0 heterocycles. The largest absolute Gasteiger partial charge is 0.466 e. The fraction of sp³-hybridized carbons (Fsp3) is 0.900. The molecule has 5 heteroatoms. The lowest BCUT2D eigenvalue weighted by Gasteiger charge is -2.11. The third-order valence-electron chi connectivity index (χ3n) is 3.08. The Balaban J connectivity index is 2.66. The summed E-state index contributed by atoms with van der Waals surface area (Å²) in [6.07, 6.45) is -0.877. The van der Waals surface area contributed by atoms with Crippen molar-refractivity contribution in [2.45, 2.75) is 31.7 Å². The van der Waals surface area contributed by atoms with Crippen molar-refractivity contribution in [3.63, 3.8) is 0 Å². The van der Waals surface area contributed by atoms with Gasteiger partial charge in [0.1, 0.15) is 4.84 Å².